The van der Waals surface area contributed by atoms with Gasteiger partial charge in [-0.05, 0) is 23.8 Å². The molecule has 4 rings (SSSR count). The quantitative estimate of drug-likeness (QED) is 0.645. The third kappa shape index (κ3) is 1.98. The topological polar surface area (TPSA) is 30.2 Å². The highest BCUT2D eigenvalue weighted by atomic mass is 32.2. The van der Waals surface area contributed by atoms with Crippen LogP contribution in [-0.4, -0.2) is 11.5 Å². The number of rotatable bonds is 2. The van der Waals surface area contributed by atoms with Gasteiger partial charge in [0.1, 0.15) is 0 Å². The van der Waals surface area contributed by atoms with Gasteiger partial charge in [0.05, 0.1) is 5.92 Å². The van der Waals surface area contributed by atoms with Gasteiger partial charge in [0.2, 0.25) is 5.78 Å². The van der Waals surface area contributed by atoms with Gasteiger partial charge in [-0.15, -0.1) is 11.8 Å². The molecule has 0 amide bonds. The van der Waals surface area contributed by atoms with Crippen molar-refractivity contribution in [2.24, 2.45) is 0 Å². The average molecular weight is 298 g/mol. The maximum absolute atomic E-state index is 13.7. The minimum absolute atomic E-state index is 0.0805. The van der Waals surface area contributed by atoms with E-state index in [1.165, 1.54) is 6.07 Å². The van der Waals surface area contributed by atoms with E-state index in [9.17, 15) is 9.18 Å². The average Bonchev–Trinajstić information content (AvgIpc) is 3.11. The maximum atomic E-state index is 13.7. The Bertz CT molecular complexity index is 853. The highest BCUT2D eigenvalue weighted by molar-refractivity contribution is 7.99. The number of carbonyl (C=O) groups excluding carboxylic acids is 1. The molecular formula is C17H11FO2S. The van der Waals surface area contributed by atoms with Gasteiger partial charge in [0, 0.05) is 16.0 Å². The van der Waals surface area contributed by atoms with E-state index in [2.05, 4.69) is 0 Å². The SMILES string of the molecule is O=C(c1cc2cccc(F)c2o1)C1CSc2ccccc21. The monoisotopic (exact) mass is 298 g/mol. The number of carbonyl (C=O) groups is 1. The summed E-state index contributed by atoms with van der Waals surface area (Å²) < 4.78 is 19.1. The molecule has 0 N–H and O–H groups in total. The van der Waals surface area contributed by atoms with Crippen LogP contribution in [0.1, 0.15) is 22.0 Å². The first-order valence-electron chi connectivity index (χ1n) is 6.68. The van der Waals surface area contributed by atoms with Crippen LogP contribution in [0.25, 0.3) is 11.0 Å². The van der Waals surface area contributed by atoms with Crippen LogP contribution in [0.15, 0.2) is 57.8 Å². The Labute approximate surface area is 125 Å². The van der Waals surface area contributed by atoms with Crippen molar-refractivity contribution in [3.8, 4) is 0 Å². The van der Waals surface area contributed by atoms with Crippen LogP contribution in [-0.2, 0) is 0 Å². The third-order valence-electron chi connectivity index (χ3n) is 3.76. The highest BCUT2D eigenvalue weighted by Crippen LogP contribution is 2.41. The molecule has 0 saturated carbocycles. The van der Waals surface area contributed by atoms with Crippen molar-refractivity contribution in [3.05, 3.63) is 65.7 Å². The fourth-order valence-electron chi connectivity index (χ4n) is 2.70. The highest BCUT2D eigenvalue weighted by Gasteiger charge is 2.31. The van der Waals surface area contributed by atoms with E-state index >= 15 is 0 Å². The first kappa shape index (κ1) is 12.7. The summed E-state index contributed by atoms with van der Waals surface area (Å²) in [4.78, 5) is 13.8. The lowest BCUT2D eigenvalue weighted by atomic mass is 9.95. The molecular weight excluding hydrogens is 287 g/mol. The van der Waals surface area contributed by atoms with Gasteiger partial charge in [-0.2, -0.15) is 0 Å². The molecule has 2 nitrogen and oxygen atoms in total. The standard InChI is InChI=1S/C17H11FO2S/c18-13-6-3-4-10-8-14(20-17(10)13)16(19)12-9-21-15-7-2-1-5-11(12)15/h1-8,12H,9H2. The van der Waals surface area contributed by atoms with Gasteiger partial charge in [-0.3, -0.25) is 4.79 Å². The number of hydrogen-bond donors (Lipinski definition) is 0. The fourth-order valence-corrected chi connectivity index (χ4v) is 3.93. The van der Waals surface area contributed by atoms with Crippen molar-refractivity contribution >= 4 is 28.5 Å². The summed E-state index contributed by atoms with van der Waals surface area (Å²) >= 11 is 1.67. The van der Waals surface area contributed by atoms with Gasteiger partial charge in [0.15, 0.2) is 17.2 Å². The number of ketones is 1. The second-order valence-electron chi connectivity index (χ2n) is 5.03. The number of benzene rings is 2. The van der Waals surface area contributed by atoms with Crippen LogP contribution < -0.4 is 0 Å². The molecule has 104 valence electrons. The maximum Gasteiger partial charge on any atom is 0.206 e. The Morgan fingerprint density at radius 1 is 1.19 bits per heavy atom. The summed E-state index contributed by atoms with van der Waals surface area (Å²) in [6.07, 6.45) is 0. The summed E-state index contributed by atoms with van der Waals surface area (Å²) in [6.45, 7) is 0. The second kappa shape index (κ2) is 4.74. The lowest BCUT2D eigenvalue weighted by Gasteiger charge is -2.06. The summed E-state index contributed by atoms with van der Waals surface area (Å²) in [7, 11) is 0. The Morgan fingerprint density at radius 3 is 2.90 bits per heavy atom. The molecule has 2 aromatic carbocycles. The van der Waals surface area contributed by atoms with E-state index in [1.54, 1.807) is 30.0 Å². The molecule has 0 aliphatic carbocycles. The van der Waals surface area contributed by atoms with Crippen molar-refractivity contribution in [3.63, 3.8) is 0 Å². The Kier molecular flexibility index (Phi) is 2.86. The zero-order valence-corrected chi connectivity index (χ0v) is 11.8. The van der Waals surface area contributed by atoms with Crippen LogP contribution in [0.5, 0.6) is 0 Å². The molecule has 2 heterocycles. The predicted molar refractivity (Wildman–Crippen MR) is 80.4 cm³/mol. The first-order chi connectivity index (χ1) is 10.2. The summed E-state index contributed by atoms with van der Waals surface area (Å²) in [6, 6.07) is 14.2. The second-order valence-corrected chi connectivity index (χ2v) is 6.10. The molecule has 1 unspecified atom stereocenters. The van der Waals surface area contributed by atoms with E-state index < -0.39 is 5.82 Å². The van der Waals surface area contributed by atoms with Crippen molar-refractivity contribution in [2.45, 2.75) is 10.8 Å². The number of hydrogen-bond acceptors (Lipinski definition) is 3. The number of thioether (sulfide) groups is 1. The largest absolute Gasteiger partial charge is 0.450 e. The zero-order chi connectivity index (χ0) is 14.4. The molecule has 21 heavy (non-hydrogen) atoms. The number of para-hydroxylation sites is 1. The molecule has 1 aromatic heterocycles. The molecule has 1 aliphatic rings. The number of fused-ring (bicyclic) bond motifs is 2. The van der Waals surface area contributed by atoms with Crippen molar-refractivity contribution in [2.75, 3.05) is 5.75 Å². The van der Waals surface area contributed by atoms with E-state index in [0.29, 0.717) is 11.1 Å². The third-order valence-corrected chi connectivity index (χ3v) is 4.94. The fraction of sp³-hybridized carbons (Fsp3) is 0.118. The summed E-state index contributed by atoms with van der Waals surface area (Å²) in [5.74, 6) is 0.209. The number of Topliss-reactive ketones (excluding diaryl/α,β-unsaturated/α-hetero) is 1. The van der Waals surface area contributed by atoms with Crippen LogP contribution in [0, 0.1) is 5.82 Å². The minimum Gasteiger partial charge on any atom is -0.450 e. The first-order valence-corrected chi connectivity index (χ1v) is 7.66. The van der Waals surface area contributed by atoms with Crippen molar-refractivity contribution < 1.29 is 13.6 Å². The number of furan rings is 1. The zero-order valence-electron chi connectivity index (χ0n) is 11.0. The van der Waals surface area contributed by atoms with E-state index in [1.807, 2.05) is 24.3 Å². The molecule has 0 radical (unpaired) electrons. The summed E-state index contributed by atoms with van der Waals surface area (Å²) in [5, 5.41) is 0.622. The van der Waals surface area contributed by atoms with Crippen molar-refractivity contribution in [1.82, 2.24) is 0 Å². The lowest BCUT2D eigenvalue weighted by molar-refractivity contribution is 0.0943. The van der Waals surface area contributed by atoms with Gasteiger partial charge < -0.3 is 4.42 Å². The van der Waals surface area contributed by atoms with Crippen LogP contribution in [0.2, 0.25) is 0 Å². The Balaban J connectivity index is 1.76. The summed E-state index contributed by atoms with van der Waals surface area (Å²) in [5.41, 5.74) is 1.19. The van der Waals surface area contributed by atoms with Gasteiger partial charge in [0.25, 0.3) is 0 Å². The Hall–Kier alpha value is -2.07. The van der Waals surface area contributed by atoms with Crippen molar-refractivity contribution in [1.29, 1.82) is 0 Å². The molecule has 0 fully saturated rings. The van der Waals surface area contributed by atoms with Crippen LogP contribution in [0.3, 0.4) is 0 Å². The lowest BCUT2D eigenvalue weighted by Crippen LogP contribution is -2.11. The van der Waals surface area contributed by atoms with Gasteiger partial charge >= 0.3 is 0 Å². The van der Waals surface area contributed by atoms with E-state index in [0.717, 1.165) is 10.5 Å². The predicted octanol–water partition coefficient (Wildman–Crippen LogP) is 4.64. The van der Waals surface area contributed by atoms with E-state index in [-0.39, 0.29) is 23.0 Å². The molecule has 0 bridgehead atoms. The van der Waals surface area contributed by atoms with E-state index in [4.69, 9.17) is 4.42 Å². The number of halogens is 1. The van der Waals surface area contributed by atoms with Crippen LogP contribution >= 0.6 is 11.8 Å². The normalized spacial score (nSPS) is 17.1. The Morgan fingerprint density at radius 2 is 2.05 bits per heavy atom. The molecule has 3 aromatic rings. The van der Waals surface area contributed by atoms with Crippen LogP contribution in [0.4, 0.5) is 4.39 Å². The van der Waals surface area contributed by atoms with Gasteiger partial charge in [-0.25, -0.2) is 4.39 Å². The van der Waals surface area contributed by atoms with Gasteiger partial charge in [-0.1, -0.05) is 30.3 Å². The molecule has 0 saturated heterocycles. The molecule has 1 atom stereocenters. The molecule has 1 aliphatic heterocycles. The minimum atomic E-state index is -0.437. The molecule has 4 heteroatoms. The molecule has 0 spiro atoms. The smallest absolute Gasteiger partial charge is 0.206 e.